The van der Waals surface area contributed by atoms with E-state index in [9.17, 15) is 5.11 Å². The highest BCUT2D eigenvalue weighted by Crippen LogP contribution is 2.23. The molecule has 86 valence electrons. The second-order valence-electron chi connectivity index (χ2n) is 3.97. The molecule has 0 amide bonds. The fraction of sp³-hybridized carbons (Fsp3) is 0.385. The van der Waals surface area contributed by atoms with Crippen molar-refractivity contribution in [1.82, 2.24) is 0 Å². The van der Waals surface area contributed by atoms with Crippen molar-refractivity contribution in [3.8, 4) is 0 Å². The van der Waals surface area contributed by atoms with Gasteiger partial charge in [0.1, 0.15) is 0 Å². The Hall–Kier alpha value is -1.32. The molecule has 0 aliphatic carbocycles. The molecule has 1 aromatic carbocycles. The minimum atomic E-state index is -0.776. The quantitative estimate of drug-likeness (QED) is 0.848. The van der Waals surface area contributed by atoms with Crippen LogP contribution >= 0.6 is 0 Å². The molecule has 1 saturated heterocycles. The molecule has 1 N–H and O–H groups in total. The summed E-state index contributed by atoms with van der Waals surface area (Å²) in [7, 11) is 0. The molecule has 2 atom stereocenters. The largest absolute Gasteiger partial charge is 0.470 e. The molecule has 3 nitrogen and oxygen atoms in total. The van der Waals surface area contributed by atoms with Gasteiger partial charge in [0.15, 0.2) is 6.29 Å². The van der Waals surface area contributed by atoms with E-state index >= 15 is 0 Å². The van der Waals surface area contributed by atoms with Crippen LogP contribution in [0.2, 0.25) is 0 Å². The maximum absolute atomic E-state index is 9.38. The van der Waals surface area contributed by atoms with Crippen molar-refractivity contribution in [2.75, 3.05) is 0 Å². The highest BCUT2D eigenvalue weighted by molar-refractivity contribution is 5.13. The van der Waals surface area contributed by atoms with Crippen LogP contribution in [0.3, 0.4) is 0 Å². The van der Waals surface area contributed by atoms with Crippen LogP contribution in [-0.2, 0) is 16.1 Å². The Kier molecular flexibility index (Phi) is 3.59. The van der Waals surface area contributed by atoms with E-state index in [0.717, 1.165) is 5.56 Å². The van der Waals surface area contributed by atoms with Crippen molar-refractivity contribution < 1.29 is 14.6 Å². The Morgan fingerprint density at radius 1 is 1.38 bits per heavy atom. The number of benzene rings is 1. The average molecular weight is 220 g/mol. The third kappa shape index (κ3) is 3.08. The van der Waals surface area contributed by atoms with E-state index < -0.39 is 6.29 Å². The van der Waals surface area contributed by atoms with Gasteiger partial charge in [-0.25, -0.2) is 0 Å². The van der Waals surface area contributed by atoms with Gasteiger partial charge >= 0.3 is 0 Å². The number of rotatable bonds is 3. The molecule has 16 heavy (non-hydrogen) atoms. The lowest BCUT2D eigenvalue weighted by atomic mass is 10.1. The van der Waals surface area contributed by atoms with E-state index in [1.54, 1.807) is 0 Å². The summed E-state index contributed by atoms with van der Waals surface area (Å²) in [4.78, 5) is 0. The molecule has 2 rings (SSSR count). The standard InChI is InChI=1S/C13H16O3/c1-10-7-12(8-13(14)16-10)15-9-11-5-3-2-4-6-11/h2-6,12-14H,1,7-9H2. The summed E-state index contributed by atoms with van der Waals surface area (Å²) in [5.41, 5.74) is 1.13. The van der Waals surface area contributed by atoms with Crippen LogP contribution in [-0.4, -0.2) is 17.5 Å². The third-order valence-electron chi connectivity index (χ3n) is 2.55. The Morgan fingerprint density at radius 3 is 2.81 bits per heavy atom. The minimum absolute atomic E-state index is 0.00328. The first-order valence-corrected chi connectivity index (χ1v) is 5.42. The second-order valence-corrected chi connectivity index (χ2v) is 3.97. The molecule has 0 bridgehead atoms. The van der Waals surface area contributed by atoms with Crippen molar-refractivity contribution in [2.24, 2.45) is 0 Å². The van der Waals surface area contributed by atoms with Gasteiger partial charge in [-0.15, -0.1) is 0 Å². The molecular formula is C13H16O3. The van der Waals surface area contributed by atoms with Gasteiger partial charge in [-0.2, -0.15) is 0 Å². The van der Waals surface area contributed by atoms with Crippen LogP contribution in [0.25, 0.3) is 0 Å². The van der Waals surface area contributed by atoms with Crippen molar-refractivity contribution in [3.63, 3.8) is 0 Å². The fourth-order valence-corrected chi connectivity index (χ4v) is 1.77. The molecular weight excluding hydrogens is 204 g/mol. The highest BCUT2D eigenvalue weighted by Gasteiger charge is 2.24. The SMILES string of the molecule is C=C1CC(OCc2ccccc2)CC(O)O1. The van der Waals surface area contributed by atoms with E-state index in [2.05, 4.69) is 6.58 Å². The molecule has 0 saturated carbocycles. The normalized spacial score (nSPS) is 25.2. The summed E-state index contributed by atoms with van der Waals surface area (Å²) in [5.74, 6) is 0.594. The molecule has 1 heterocycles. The lowest BCUT2D eigenvalue weighted by molar-refractivity contribution is -0.135. The lowest BCUT2D eigenvalue weighted by Crippen LogP contribution is -2.29. The van der Waals surface area contributed by atoms with Crippen LogP contribution < -0.4 is 0 Å². The van der Waals surface area contributed by atoms with Gasteiger partial charge < -0.3 is 14.6 Å². The van der Waals surface area contributed by atoms with Gasteiger partial charge in [0.2, 0.25) is 0 Å². The summed E-state index contributed by atoms with van der Waals surface area (Å²) in [6.45, 7) is 4.27. The van der Waals surface area contributed by atoms with Crippen LogP contribution in [0.15, 0.2) is 42.7 Å². The first-order valence-electron chi connectivity index (χ1n) is 5.42. The first-order chi connectivity index (χ1) is 7.74. The van der Waals surface area contributed by atoms with E-state index in [-0.39, 0.29) is 6.10 Å². The predicted molar refractivity (Wildman–Crippen MR) is 60.5 cm³/mol. The number of aliphatic hydroxyl groups excluding tert-OH is 1. The van der Waals surface area contributed by atoms with Crippen molar-refractivity contribution >= 4 is 0 Å². The number of ether oxygens (including phenoxy) is 2. The topological polar surface area (TPSA) is 38.7 Å². The van der Waals surface area contributed by atoms with Crippen molar-refractivity contribution in [1.29, 1.82) is 0 Å². The summed E-state index contributed by atoms with van der Waals surface area (Å²) in [6.07, 6.45) is 0.383. The van der Waals surface area contributed by atoms with Crippen LogP contribution in [0.4, 0.5) is 0 Å². The van der Waals surface area contributed by atoms with Gasteiger partial charge in [0.25, 0.3) is 0 Å². The molecule has 1 aliphatic heterocycles. The van der Waals surface area contributed by atoms with E-state index in [4.69, 9.17) is 9.47 Å². The van der Waals surface area contributed by atoms with Gasteiger partial charge in [-0.05, 0) is 5.56 Å². The molecule has 0 spiro atoms. The predicted octanol–water partition coefficient (Wildman–Crippen LogP) is 2.21. The summed E-state index contributed by atoms with van der Waals surface area (Å²) in [5, 5.41) is 9.38. The monoisotopic (exact) mass is 220 g/mol. The number of hydrogen-bond donors (Lipinski definition) is 1. The molecule has 1 aliphatic rings. The van der Waals surface area contributed by atoms with Gasteiger partial charge in [-0.1, -0.05) is 36.9 Å². The maximum Gasteiger partial charge on any atom is 0.199 e. The summed E-state index contributed by atoms with van der Waals surface area (Å²) < 4.78 is 10.8. The Balaban J connectivity index is 1.84. The van der Waals surface area contributed by atoms with E-state index in [1.807, 2.05) is 30.3 Å². The van der Waals surface area contributed by atoms with E-state index in [0.29, 0.717) is 25.2 Å². The Morgan fingerprint density at radius 2 is 2.12 bits per heavy atom. The second kappa shape index (κ2) is 5.14. The summed E-state index contributed by atoms with van der Waals surface area (Å²) >= 11 is 0. The molecule has 0 radical (unpaired) electrons. The van der Waals surface area contributed by atoms with E-state index in [1.165, 1.54) is 0 Å². The average Bonchev–Trinajstić information content (AvgIpc) is 2.27. The molecule has 2 unspecified atom stereocenters. The lowest BCUT2D eigenvalue weighted by Gasteiger charge is -2.28. The Labute approximate surface area is 95.3 Å². The number of aliphatic hydroxyl groups is 1. The van der Waals surface area contributed by atoms with Crippen LogP contribution in [0.5, 0.6) is 0 Å². The molecule has 1 aromatic rings. The molecule has 0 aromatic heterocycles. The molecule has 1 fully saturated rings. The zero-order valence-electron chi connectivity index (χ0n) is 9.13. The highest BCUT2D eigenvalue weighted by atomic mass is 16.6. The Bertz CT molecular complexity index is 347. The fourth-order valence-electron chi connectivity index (χ4n) is 1.77. The van der Waals surface area contributed by atoms with Gasteiger partial charge in [-0.3, -0.25) is 0 Å². The van der Waals surface area contributed by atoms with Crippen molar-refractivity contribution in [3.05, 3.63) is 48.2 Å². The van der Waals surface area contributed by atoms with Gasteiger partial charge in [0.05, 0.1) is 18.5 Å². The van der Waals surface area contributed by atoms with Crippen LogP contribution in [0, 0.1) is 0 Å². The zero-order valence-corrected chi connectivity index (χ0v) is 9.13. The van der Waals surface area contributed by atoms with Crippen LogP contribution in [0.1, 0.15) is 18.4 Å². The molecule has 3 heteroatoms. The van der Waals surface area contributed by atoms with Crippen molar-refractivity contribution in [2.45, 2.75) is 31.8 Å². The maximum atomic E-state index is 9.38. The third-order valence-corrected chi connectivity index (χ3v) is 2.55. The summed E-state index contributed by atoms with van der Waals surface area (Å²) in [6, 6.07) is 9.98. The van der Waals surface area contributed by atoms with Gasteiger partial charge in [0, 0.05) is 12.8 Å². The minimum Gasteiger partial charge on any atom is -0.470 e. The first kappa shape index (κ1) is 11.2. The zero-order chi connectivity index (χ0) is 11.4. The smallest absolute Gasteiger partial charge is 0.199 e. The number of hydrogen-bond acceptors (Lipinski definition) is 3.